The normalized spacial score (nSPS) is 12.5. The van der Waals surface area contributed by atoms with Crippen LogP contribution >= 0.6 is 0 Å². The summed E-state index contributed by atoms with van der Waals surface area (Å²) in [7, 11) is 0. The number of hydrogen-bond acceptors (Lipinski definition) is 5. The van der Waals surface area contributed by atoms with Gasteiger partial charge in [-0.25, -0.2) is 9.67 Å². The molecule has 1 heterocycles. The van der Waals surface area contributed by atoms with Crippen LogP contribution in [0.15, 0.2) is 60.9 Å². The first-order valence-corrected chi connectivity index (χ1v) is 7.55. The molecular formula is C17H25N5O. The van der Waals surface area contributed by atoms with Gasteiger partial charge in [-0.15, -0.1) is 0 Å². The van der Waals surface area contributed by atoms with Gasteiger partial charge in [0.05, 0.1) is 13.1 Å². The molecule has 0 spiro atoms. The maximum Gasteiger partial charge on any atom is 0.137 e. The highest BCUT2D eigenvalue weighted by molar-refractivity contribution is 5.25. The van der Waals surface area contributed by atoms with Gasteiger partial charge in [-0.05, 0) is 5.56 Å². The van der Waals surface area contributed by atoms with Crippen LogP contribution in [0.25, 0.3) is 0 Å². The molecule has 0 aliphatic rings. The van der Waals surface area contributed by atoms with Crippen molar-refractivity contribution in [2.75, 3.05) is 6.54 Å². The van der Waals surface area contributed by atoms with Crippen LogP contribution in [0.5, 0.6) is 0 Å². The van der Waals surface area contributed by atoms with E-state index in [0.29, 0.717) is 0 Å². The van der Waals surface area contributed by atoms with Crippen molar-refractivity contribution in [2.45, 2.75) is 32.4 Å². The molecule has 23 heavy (non-hydrogen) atoms. The summed E-state index contributed by atoms with van der Waals surface area (Å²) in [5.74, 6) is 0. The topological polar surface area (TPSA) is 66.5 Å². The zero-order chi connectivity index (χ0) is 17.1. The van der Waals surface area contributed by atoms with Crippen LogP contribution in [0.2, 0.25) is 0 Å². The predicted octanol–water partition coefficient (Wildman–Crippen LogP) is 2.64. The fourth-order valence-electron chi connectivity index (χ4n) is 2.00. The minimum absolute atomic E-state index is 0.226. The van der Waals surface area contributed by atoms with Crippen molar-refractivity contribution in [3.8, 4) is 0 Å². The van der Waals surface area contributed by atoms with Crippen molar-refractivity contribution in [3.63, 3.8) is 0 Å². The number of rotatable bonds is 7. The molecule has 0 aliphatic carbocycles. The lowest BCUT2D eigenvalue weighted by Crippen LogP contribution is -2.40. The molecule has 0 saturated carbocycles. The zero-order valence-corrected chi connectivity index (χ0v) is 13.8. The van der Waals surface area contributed by atoms with Gasteiger partial charge in [0.1, 0.15) is 18.3 Å². The molecule has 0 amide bonds. The Morgan fingerprint density at radius 2 is 2.00 bits per heavy atom. The molecule has 2 aromatic rings. The van der Waals surface area contributed by atoms with E-state index < -0.39 is 5.60 Å². The van der Waals surface area contributed by atoms with Crippen LogP contribution in [0.1, 0.15) is 25.8 Å². The summed E-state index contributed by atoms with van der Waals surface area (Å²) < 4.78 is 1.58. The second kappa shape index (κ2) is 9.53. The second-order valence-electron chi connectivity index (χ2n) is 5.12. The van der Waals surface area contributed by atoms with E-state index >= 15 is 0 Å². The van der Waals surface area contributed by atoms with Gasteiger partial charge in [0.15, 0.2) is 0 Å². The van der Waals surface area contributed by atoms with E-state index in [4.69, 9.17) is 0 Å². The highest BCUT2D eigenvalue weighted by atomic mass is 16.3. The van der Waals surface area contributed by atoms with Crippen molar-refractivity contribution < 1.29 is 5.11 Å². The van der Waals surface area contributed by atoms with Crippen LogP contribution in [-0.4, -0.2) is 38.1 Å². The van der Waals surface area contributed by atoms with Crippen molar-refractivity contribution in [2.24, 2.45) is 5.10 Å². The fourth-order valence-corrected chi connectivity index (χ4v) is 2.00. The molecule has 1 unspecified atom stereocenters. The number of benzene rings is 1. The molecule has 0 saturated heterocycles. The lowest BCUT2D eigenvalue weighted by Gasteiger charge is -2.31. The molecule has 6 heteroatoms. The average molecular weight is 315 g/mol. The first kappa shape index (κ1) is 18.6. The summed E-state index contributed by atoms with van der Waals surface area (Å²) in [5.41, 5.74) is -0.407. The van der Waals surface area contributed by atoms with Crippen molar-refractivity contribution in [1.29, 1.82) is 0 Å². The Hall–Kier alpha value is -2.47. The highest BCUT2D eigenvalue weighted by Gasteiger charge is 2.32. The Morgan fingerprint density at radius 1 is 1.35 bits per heavy atom. The summed E-state index contributed by atoms with van der Waals surface area (Å²) >= 11 is 0. The van der Waals surface area contributed by atoms with Crippen molar-refractivity contribution in [3.05, 3.63) is 61.3 Å². The minimum Gasteiger partial charge on any atom is -0.381 e. The van der Waals surface area contributed by atoms with Crippen LogP contribution in [0, 0.1) is 0 Å². The SMILES string of the molecule is C=CN(CC(O)(Cn1cncn1)c1ccccc1)N=C.CCC. The molecule has 0 radical (unpaired) electrons. The van der Waals surface area contributed by atoms with E-state index in [2.05, 4.69) is 42.3 Å². The summed E-state index contributed by atoms with van der Waals surface area (Å²) in [6.45, 7) is 11.9. The largest absolute Gasteiger partial charge is 0.381 e. The van der Waals surface area contributed by atoms with Gasteiger partial charge in [-0.2, -0.15) is 10.2 Å². The molecular weight excluding hydrogens is 290 g/mol. The van der Waals surface area contributed by atoms with E-state index in [1.54, 1.807) is 11.0 Å². The van der Waals surface area contributed by atoms with Crippen LogP contribution in [0.3, 0.4) is 0 Å². The van der Waals surface area contributed by atoms with Gasteiger partial charge < -0.3 is 5.11 Å². The number of hydrazone groups is 1. The zero-order valence-electron chi connectivity index (χ0n) is 13.8. The molecule has 124 valence electrons. The van der Waals surface area contributed by atoms with Gasteiger partial charge in [0.2, 0.25) is 0 Å². The smallest absolute Gasteiger partial charge is 0.137 e. The van der Waals surface area contributed by atoms with E-state index in [1.807, 2.05) is 30.3 Å². The molecule has 0 fully saturated rings. The third-order valence-corrected chi connectivity index (χ3v) is 3.02. The Balaban J connectivity index is 0.000000816. The van der Waals surface area contributed by atoms with E-state index in [1.165, 1.54) is 24.0 Å². The monoisotopic (exact) mass is 315 g/mol. The summed E-state index contributed by atoms with van der Waals surface area (Å²) in [6.07, 6.45) is 5.76. The van der Waals surface area contributed by atoms with Gasteiger partial charge in [0.25, 0.3) is 0 Å². The highest BCUT2D eigenvalue weighted by Crippen LogP contribution is 2.24. The standard InChI is InChI=1S/C14H17N5O.C3H8/c1-3-18(15-2)9-14(20,10-19-12-16-11-17-19)13-7-5-4-6-8-13;1-3-2/h3-8,11-12,20H,1-2,9-10H2;3H2,1-2H3. The molecule has 2 rings (SSSR count). The minimum atomic E-state index is -1.18. The van der Waals surface area contributed by atoms with E-state index in [9.17, 15) is 5.11 Å². The van der Waals surface area contributed by atoms with Crippen molar-refractivity contribution in [1.82, 2.24) is 19.8 Å². The van der Waals surface area contributed by atoms with Gasteiger partial charge in [-0.3, -0.25) is 5.01 Å². The lowest BCUT2D eigenvalue weighted by molar-refractivity contribution is -0.00768. The lowest BCUT2D eigenvalue weighted by atomic mass is 9.93. The number of hydrogen-bond donors (Lipinski definition) is 1. The Bertz CT molecular complexity index is 562. The third-order valence-electron chi connectivity index (χ3n) is 3.02. The molecule has 0 aliphatic heterocycles. The summed E-state index contributed by atoms with van der Waals surface area (Å²) in [4.78, 5) is 3.89. The number of aliphatic hydroxyl groups is 1. The maximum atomic E-state index is 11.0. The van der Waals surface area contributed by atoms with Gasteiger partial charge >= 0.3 is 0 Å². The predicted molar refractivity (Wildman–Crippen MR) is 92.8 cm³/mol. The fraction of sp³-hybridized carbons (Fsp3) is 0.353. The van der Waals surface area contributed by atoms with Crippen LogP contribution in [-0.2, 0) is 12.1 Å². The second-order valence-corrected chi connectivity index (χ2v) is 5.12. The Labute approximate surface area is 137 Å². The molecule has 0 bridgehead atoms. The van der Waals surface area contributed by atoms with Gasteiger partial charge in [-0.1, -0.05) is 57.2 Å². The molecule has 1 N–H and O–H groups in total. The molecule has 1 aromatic carbocycles. The van der Waals surface area contributed by atoms with Crippen LogP contribution < -0.4 is 0 Å². The number of aromatic nitrogens is 3. The Morgan fingerprint density at radius 3 is 2.48 bits per heavy atom. The molecule has 6 nitrogen and oxygen atoms in total. The summed E-state index contributed by atoms with van der Waals surface area (Å²) in [6, 6.07) is 9.38. The van der Waals surface area contributed by atoms with Crippen LogP contribution in [0.4, 0.5) is 0 Å². The third kappa shape index (κ3) is 5.67. The molecule has 1 aromatic heterocycles. The maximum absolute atomic E-state index is 11.0. The van der Waals surface area contributed by atoms with E-state index in [-0.39, 0.29) is 13.1 Å². The van der Waals surface area contributed by atoms with E-state index in [0.717, 1.165) is 5.56 Å². The molecule has 1 atom stereocenters. The quantitative estimate of drug-likeness (QED) is 0.630. The number of nitrogens with zero attached hydrogens (tertiary/aromatic N) is 5. The first-order chi connectivity index (χ1) is 11.1. The average Bonchev–Trinajstić information content (AvgIpc) is 3.07. The summed E-state index contributed by atoms with van der Waals surface area (Å²) in [5, 5.41) is 20.4. The Kier molecular flexibility index (Phi) is 7.70. The van der Waals surface area contributed by atoms with Crippen molar-refractivity contribution >= 4 is 6.72 Å². The first-order valence-electron chi connectivity index (χ1n) is 7.55. The van der Waals surface area contributed by atoms with Gasteiger partial charge in [0, 0.05) is 12.9 Å².